The minimum Gasteiger partial charge on any atom is -0.301 e. The Morgan fingerprint density at radius 2 is 1.79 bits per heavy atom. The molecule has 80 valence electrons. The fraction of sp³-hybridized carbons (Fsp3) is 0.846. The molecule has 14 heavy (non-hydrogen) atoms. The van der Waals surface area contributed by atoms with Gasteiger partial charge in [0.2, 0.25) is 0 Å². The second-order valence-electron chi connectivity index (χ2n) is 5.01. The van der Waals surface area contributed by atoms with Crippen LogP contribution in [0.15, 0.2) is 0 Å². The molecule has 0 aromatic rings. The van der Waals surface area contributed by atoms with Crippen LogP contribution in [0.3, 0.4) is 0 Å². The van der Waals surface area contributed by atoms with Crippen molar-refractivity contribution in [3.05, 3.63) is 0 Å². The number of nitrogens with one attached hydrogen (secondary N) is 1. The smallest absolute Gasteiger partial charge is 0.0741 e. The van der Waals surface area contributed by atoms with Gasteiger partial charge in [0.15, 0.2) is 0 Å². The predicted octanol–water partition coefficient (Wildman–Crippen LogP) is 2.96. The second-order valence-corrected chi connectivity index (χ2v) is 5.01. The van der Waals surface area contributed by atoms with Gasteiger partial charge in [0.05, 0.1) is 5.54 Å². The van der Waals surface area contributed by atoms with Crippen molar-refractivity contribution in [1.29, 1.82) is 0 Å². The van der Waals surface area contributed by atoms with E-state index in [0.717, 1.165) is 12.5 Å². The molecule has 1 N–H and O–H groups in total. The van der Waals surface area contributed by atoms with E-state index in [-0.39, 0.29) is 5.54 Å². The Morgan fingerprint density at radius 1 is 1.21 bits per heavy atom. The Labute approximate surface area is 88.7 Å². The van der Waals surface area contributed by atoms with E-state index in [1.807, 2.05) is 0 Å². The Hall–Kier alpha value is -0.480. The number of hydrogen-bond donors (Lipinski definition) is 1. The van der Waals surface area contributed by atoms with Gasteiger partial charge in [-0.25, -0.2) is 0 Å². The van der Waals surface area contributed by atoms with E-state index in [0.29, 0.717) is 0 Å². The van der Waals surface area contributed by atoms with Gasteiger partial charge >= 0.3 is 0 Å². The lowest BCUT2D eigenvalue weighted by atomic mass is 9.98. The Kier molecular flexibility index (Phi) is 4.48. The molecule has 0 amide bonds. The van der Waals surface area contributed by atoms with Gasteiger partial charge < -0.3 is 5.32 Å². The molecule has 0 aromatic heterocycles. The summed E-state index contributed by atoms with van der Waals surface area (Å²) in [6.07, 6.45) is 13.9. The van der Waals surface area contributed by atoms with E-state index in [1.54, 1.807) is 0 Å². The normalized spacial score (nSPS) is 20.1. The quantitative estimate of drug-likeness (QED) is 0.537. The maximum absolute atomic E-state index is 5.44. The number of terminal acetylenes is 1. The van der Waals surface area contributed by atoms with E-state index in [4.69, 9.17) is 6.42 Å². The van der Waals surface area contributed by atoms with E-state index < -0.39 is 0 Å². The van der Waals surface area contributed by atoms with Gasteiger partial charge in [-0.1, -0.05) is 31.6 Å². The highest BCUT2D eigenvalue weighted by atomic mass is 14.9. The molecule has 1 saturated carbocycles. The van der Waals surface area contributed by atoms with Gasteiger partial charge in [-0.2, -0.15) is 0 Å². The van der Waals surface area contributed by atoms with Crippen molar-refractivity contribution in [3.63, 3.8) is 0 Å². The highest BCUT2D eigenvalue weighted by Gasteiger charge is 2.17. The highest BCUT2D eigenvalue weighted by Crippen LogP contribution is 2.22. The molecule has 0 atom stereocenters. The van der Waals surface area contributed by atoms with Crippen LogP contribution in [-0.2, 0) is 0 Å². The fourth-order valence-electron chi connectivity index (χ4n) is 2.02. The monoisotopic (exact) mass is 193 g/mol. The SMILES string of the molecule is C#CC(C)(C)NCC1CCCCCC1. The third-order valence-corrected chi connectivity index (χ3v) is 3.17. The van der Waals surface area contributed by atoms with Crippen molar-refractivity contribution < 1.29 is 0 Å². The summed E-state index contributed by atoms with van der Waals surface area (Å²) < 4.78 is 0. The summed E-state index contributed by atoms with van der Waals surface area (Å²) in [6.45, 7) is 5.24. The highest BCUT2D eigenvalue weighted by molar-refractivity contribution is 5.07. The van der Waals surface area contributed by atoms with Crippen molar-refractivity contribution in [2.75, 3.05) is 6.54 Å². The predicted molar refractivity (Wildman–Crippen MR) is 62.1 cm³/mol. The molecule has 0 heterocycles. The summed E-state index contributed by atoms with van der Waals surface area (Å²) in [4.78, 5) is 0. The average Bonchev–Trinajstić information content (AvgIpc) is 2.43. The lowest BCUT2D eigenvalue weighted by Gasteiger charge is -2.23. The lowest BCUT2D eigenvalue weighted by molar-refractivity contribution is 0.377. The molecule has 0 aromatic carbocycles. The molecule has 1 fully saturated rings. The van der Waals surface area contributed by atoms with Gasteiger partial charge in [0.1, 0.15) is 0 Å². The second kappa shape index (κ2) is 5.41. The summed E-state index contributed by atoms with van der Waals surface area (Å²) >= 11 is 0. The van der Waals surface area contributed by atoms with Crippen molar-refractivity contribution in [2.24, 2.45) is 5.92 Å². The third-order valence-electron chi connectivity index (χ3n) is 3.17. The maximum Gasteiger partial charge on any atom is 0.0741 e. The van der Waals surface area contributed by atoms with E-state index in [2.05, 4.69) is 25.1 Å². The van der Waals surface area contributed by atoms with Crippen LogP contribution >= 0.6 is 0 Å². The van der Waals surface area contributed by atoms with E-state index in [1.165, 1.54) is 38.5 Å². The summed E-state index contributed by atoms with van der Waals surface area (Å²) in [6, 6.07) is 0. The molecule has 0 aliphatic heterocycles. The number of rotatable bonds is 3. The molecule has 1 aliphatic carbocycles. The zero-order chi connectivity index (χ0) is 10.4. The van der Waals surface area contributed by atoms with E-state index >= 15 is 0 Å². The standard InChI is InChI=1S/C13H23N/c1-4-13(2,3)14-11-12-9-7-5-6-8-10-12/h1,12,14H,5-11H2,2-3H3. The molecule has 1 rings (SSSR count). The summed E-state index contributed by atoms with van der Waals surface area (Å²) in [5.74, 6) is 3.64. The zero-order valence-electron chi connectivity index (χ0n) is 9.60. The first kappa shape index (κ1) is 11.6. The molecule has 1 heteroatoms. The van der Waals surface area contributed by atoms with Crippen LogP contribution in [0.25, 0.3) is 0 Å². The lowest BCUT2D eigenvalue weighted by Crippen LogP contribution is -2.40. The van der Waals surface area contributed by atoms with Crippen molar-refractivity contribution >= 4 is 0 Å². The van der Waals surface area contributed by atoms with Crippen molar-refractivity contribution in [2.45, 2.75) is 57.9 Å². The molecule has 0 unspecified atom stereocenters. The minimum absolute atomic E-state index is 0.133. The molecular weight excluding hydrogens is 170 g/mol. The molecule has 0 radical (unpaired) electrons. The Morgan fingerprint density at radius 3 is 2.29 bits per heavy atom. The maximum atomic E-state index is 5.44. The molecule has 1 aliphatic rings. The molecule has 0 bridgehead atoms. The Bertz CT molecular complexity index is 192. The third kappa shape index (κ3) is 4.15. The van der Waals surface area contributed by atoms with Gasteiger partial charge in [-0.3, -0.25) is 0 Å². The zero-order valence-corrected chi connectivity index (χ0v) is 9.60. The Balaban J connectivity index is 2.26. The minimum atomic E-state index is -0.133. The van der Waals surface area contributed by atoms with Crippen LogP contribution in [0.2, 0.25) is 0 Å². The summed E-state index contributed by atoms with van der Waals surface area (Å²) in [7, 11) is 0. The summed E-state index contributed by atoms with van der Waals surface area (Å²) in [5, 5.41) is 3.47. The van der Waals surface area contributed by atoms with Crippen LogP contribution in [-0.4, -0.2) is 12.1 Å². The topological polar surface area (TPSA) is 12.0 Å². The average molecular weight is 193 g/mol. The van der Waals surface area contributed by atoms with Crippen molar-refractivity contribution in [1.82, 2.24) is 5.32 Å². The van der Waals surface area contributed by atoms with Crippen LogP contribution in [0.1, 0.15) is 52.4 Å². The van der Waals surface area contributed by atoms with Crippen molar-refractivity contribution in [3.8, 4) is 12.3 Å². The molecule has 1 nitrogen and oxygen atoms in total. The largest absolute Gasteiger partial charge is 0.301 e. The van der Waals surface area contributed by atoms with Crippen LogP contribution < -0.4 is 5.32 Å². The first-order valence-corrected chi connectivity index (χ1v) is 5.87. The van der Waals surface area contributed by atoms with Gasteiger partial charge in [0.25, 0.3) is 0 Å². The van der Waals surface area contributed by atoms with E-state index in [9.17, 15) is 0 Å². The van der Waals surface area contributed by atoms with Crippen LogP contribution in [0, 0.1) is 18.3 Å². The molecule has 0 saturated heterocycles. The van der Waals surface area contributed by atoms with Crippen LogP contribution in [0.5, 0.6) is 0 Å². The summed E-state index contributed by atoms with van der Waals surface area (Å²) in [5.41, 5.74) is -0.133. The first-order valence-electron chi connectivity index (χ1n) is 5.87. The van der Waals surface area contributed by atoms with Gasteiger partial charge in [-0.05, 0) is 39.2 Å². The fourth-order valence-corrected chi connectivity index (χ4v) is 2.02. The first-order chi connectivity index (χ1) is 6.64. The van der Waals surface area contributed by atoms with Crippen LogP contribution in [0.4, 0.5) is 0 Å². The van der Waals surface area contributed by atoms with Gasteiger partial charge in [-0.15, -0.1) is 6.42 Å². The number of hydrogen-bond acceptors (Lipinski definition) is 1. The molecular formula is C13H23N. The molecule has 0 spiro atoms. The van der Waals surface area contributed by atoms with Gasteiger partial charge in [0, 0.05) is 0 Å².